The lowest BCUT2D eigenvalue weighted by molar-refractivity contribution is -0.152. The van der Waals surface area contributed by atoms with E-state index in [2.05, 4.69) is 0 Å². The van der Waals surface area contributed by atoms with E-state index in [1.54, 1.807) is 30.9 Å². The lowest BCUT2D eigenvalue weighted by Gasteiger charge is -2.32. The molecule has 0 saturated carbocycles. The predicted molar refractivity (Wildman–Crippen MR) is 102 cm³/mol. The van der Waals surface area contributed by atoms with Crippen molar-refractivity contribution in [1.82, 2.24) is 4.90 Å². The molecule has 0 radical (unpaired) electrons. The van der Waals surface area contributed by atoms with Crippen LogP contribution in [0.2, 0.25) is 0 Å². The van der Waals surface area contributed by atoms with E-state index >= 15 is 0 Å². The van der Waals surface area contributed by atoms with Crippen LogP contribution in [-0.4, -0.2) is 62.6 Å². The van der Waals surface area contributed by atoms with E-state index in [4.69, 9.17) is 9.47 Å². The lowest BCUT2D eigenvalue weighted by Crippen LogP contribution is -2.45. The summed E-state index contributed by atoms with van der Waals surface area (Å²) >= 11 is 0. The van der Waals surface area contributed by atoms with Gasteiger partial charge in [0.15, 0.2) is 6.10 Å². The van der Waals surface area contributed by atoms with Gasteiger partial charge >= 0.3 is 11.9 Å². The minimum absolute atomic E-state index is 0.165. The molecule has 148 valence electrons. The highest BCUT2D eigenvalue weighted by Gasteiger charge is 2.31. The highest BCUT2D eigenvalue weighted by atomic mass is 16.5. The second kappa shape index (κ2) is 9.39. The topological polar surface area (TPSA) is 76.1 Å². The second-order valence-electron chi connectivity index (χ2n) is 6.84. The molecule has 0 aliphatic carbocycles. The quantitative estimate of drug-likeness (QED) is 0.708. The Kier molecular flexibility index (Phi) is 7.21. The van der Waals surface area contributed by atoms with Crippen LogP contribution >= 0.6 is 0 Å². The molecular weight excluding hydrogens is 348 g/mol. The molecular formula is C20H28N2O5. The van der Waals surface area contributed by atoms with Gasteiger partial charge in [-0.3, -0.25) is 9.59 Å². The van der Waals surface area contributed by atoms with Gasteiger partial charge in [-0.05, 0) is 51.0 Å². The number of hydrogen-bond donors (Lipinski definition) is 0. The molecule has 1 aliphatic rings. The minimum Gasteiger partial charge on any atom is -0.466 e. The van der Waals surface area contributed by atoms with Crippen molar-refractivity contribution in [2.24, 2.45) is 5.92 Å². The van der Waals surface area contributed by atoms with Gasteiger partial charge in [-0.15, -0.1) is 0 Å². The van der Waals surface area contributed by atoms with Crippen molar-refractivity contribution in [3.05, 3.63) is 29.8 Å². The highest BCUT2D eigenvalue weighted by Crippen LogP contribution is 2.20. The number of likely N-dealkylation sites (tertiary alicyclic amines) is 1. The summed E-state index contributed by atoms with van der Waals surface area (Å²) in [5.74, 6) is -1.13. The molecule has 0 unspecified atom stereocenters. The number of piperidine rings is 1. The number of hydrogen-bond acceptors (Lipinski definition) is 6. The maximum Gasteiger partial charge on any atom is 0.338 e. The summed E-state index contributed by atoms with van der Waals surface area (Å²) in [5, 5.41) is 0. The molecule has 7 nitrogen and oxygen atoms in total. The number of esters is 2. The van der Waals surface area contributed by atoms with Crippen LogP contribution in [0, 0.1) is 5.92 Å². The smallest absolute Gasteiger partial charge is 0.338 e. The van der Waals surface area contributed by atoms with Gasteiger partial charge in [0, 0.05) is 32.9 Å². The summed E-state index contributed by atoms with van der Waals surface area (Å²) in [5.41, 5.74) is 1.38. The van der Waals surface area contributed by atoms with Gasteiger partial charge < -0.3 is 19.3 Å². The number of anilines is 1. The molecule has 2 rings (SSSR count). The van der Waals surface area contributed by atoms with Gasteiger partial charge in [-0.1, -0.05) is 0 Å². The van der Waals surface area contributed by atoms with Crippen molar-refractivity contribution in [3.8, 4) is 0 Å². The van der Waals surface area contributed by atoms with Crippen molar-refractivity contribution in [3.63, 3.8) is 0 Å². The number of benzene rings is 1. The standard InChI is InChI=1S/C20H28N2O5/c1-5-26-19(24)16-10-12-22(13-11-16)18(23)14(2)27-20(25)15-6-8-17(9-7-15)21(3)4/h6-9,14,16H,5,10-13H2,1-4H3/t14-/m1/s1. The van der Waals surface area contributed by atoms with Crippen LogP contribution in [0.3, 0.4) is 0 Å². The Labute approximate surface area is 160 Å². The van der Waals surface area contributed by atoms with Crippen molar-refractivity contribution in [1.29, 1.82) is 0 Å². The monoisotopic (exact) mass is 376 g/mol. The number of ether oxygens (including phenoxy) is 2. The fourth-order valence-electron chi connectivity index (χ4n) is 3.03. The first-order valence-electron chi connectivity index (χ1n) is 9.27. The van der Waals surface area contributed by atoms with E-state index in [1.807, 2.05) is 31.1 Å². The number of carbonyl (C=O) groups excluding carboxylic acids is 3. The lowest BCUT2D eigenvalue weighted by atomic mass is 9.97. The van der Waals surface area contributed by atoms with Crippen molar-refractivity contribution in [2.75, 3.05) is 38.7 Å². The first-order valence-corrected chi connectivity index (χ1v) is 9.27. The van der Waals surface area contributed by atoms with E-state index in [0.717, 1.165) is 5.69 Å². The van der Waals surface area contributed by atoms with Crippen LogP contribution in [0.4, 0.5) is 5.69 Å². The third-order valence-corrected chi connectivity index (χ3v) is 4.68. The maximum atomic E-state index is 12.5. The molecule has 1 aliphatic heterocycles. The summed E-state index contributed by atoms with van der Waals surface area (Å²) in [7, 11) is 3.83. The summed E-state index contributed by atoms with van der Waals surface area (Å²) in [6.07, 6.45) is 0.263. The molecule has 1 atom stereocenters. The van der Waals surface area contributed by atoms with Crippen LogP contribution < -0.4 is 4.90 Å². The number of rotatable bonds is 6. The minimum atomic E-state index is -0.870. The summed E-state index contributed by atoms with van der Waals surface area (Å²) < 4.78 is 10.4. The average molecular weight is 376 g/mol. The molecule has 0 bridgehead atoms. The van der Waals surface area contributed by atoms with Gasteiger partial charge in [0.25, 0.3) is 5.91 Å². The first kappa shape index (κ1) is 20.7. The van der Waals surface area contributed by atoms with E-state index in [1.165, 1.54) is 0 Å². The van der Waals surface area contributed by atoms with Crippen LogP contribution in [0.25, 0.3) is 0 Å². The fraction of sp³-hybridized carbons (Fsp3) is 0.550. The normalized spacial score (nSPS) is 15.8. The van der Waals surface area contributed by atoms with Gasteiger partial charge in [0.05, 0.1) is 18.1 Å². The summed E-state index contributed by atoms with van der Waals surface area (Å²) in [6, 6.07) is 7.01. The van der Waals surface area contributed by atoms with Crippen LogP contribution in [0.5, 0.6) is 0 Å². The molecule has 1 amide bonds. The average Bonchev–Trinajstić information content (AvgIpc) is 2.67. The van der Waals surface area contributed by atoms with Crippen molar-refractivity contribution >= 4 is 23.5 Å². The van der Waals surface area contributed by atoms with Crippen molar-refractivity contribution in [2.45, 2.75) is 32.8 Å². The van der Waals surface area contributed by atoms with Crippen LogP contribution in [-0.2, 0) is 19.1 Å². The summed E-state index contributed by atoms with van der Waals surface area (Å²) in [6.45, 7) is 4.64. The molecule has 1 heterocycles. The molecule has 0 spiro atoms. The van der Waals surface area contributed by atoms with Crippen molar-refractivity contribution < 1.29 is 23.9 Å². The molecule has 1 aromatic rings. The third kappa shape index (κ3) is 5.45. The second-order valence-corrected chi connectivity index (χ2v) is 6.84. The highest BCUT2D eigenvalue weighted by molar-refractivity contribution is 5.92. The zero-order valence-electron chi connectivity index (χ0n) is 16.4. The molecule has 1 fully saturated rings. The number of nitrogens with zero attached hydrogens (tertiary/aromatic N) is 2. The third-order valence-electron chi connectivity index (χ3n) is 4.68. The van der Waals surface area contributed by atoms with E-state index < -0.39 is 12.1 Å². The molecule has 0 N–H and O–H groups in total. The first-order chi connectivity index (χ1) is 12.8. The Hall–Kier alpha value is -2.57. The van der Waals surface area contributed by atoms with Gasteiger partial charge in [0.2, 0.25) is 0 Å². The van der Waals surface area contributed by atoms with E-state index in [0.29, 0.717) is 38.1 Å². The Morgan fingerprint density at radius 2 is 1.74 bits per heavy atom. The number of amides is 1. The Balaban J connectivity index is 1.86. The van der Waals surface area contributed by atoms with E-state index in [9.17, 15) is 14.4 Å². The molecule has 1 saturated heterocycles. The predicted octanol–water partition coefficient (Wildman–Crippen LogP) is 2.10. The van der Waals surface area contributed by atoms with Gasteiger partial charge in [0.1, 0.15) is 0 Å². The zero-order chi connectivity index (χ0) is 20.0. The van der Waals surface area contributed by atoms with E-state index in [-0.39, 0.29) is 17.8 Å². The molecule has 0 aromatic heterocycles. The SMILES string of the molecule is CCOC(=O)C1CCN(C(=O)[C@@H](C)OC(=O)c2ccc(N(C)C)cc2)CC1. The van der Waals surface area contributed by atoms with Gasteiger partial charge in [-0.2, -0.15) is 0 Å². The molecule has 1 aromatic carbocycles. The van der Waals surface area contributed by atoms with Gasteiger partial charge in [-0.25, -0.2) is 4.79 Å². The van der Waals surface area contributed by atoms with Crippen LogP contribution in [0.1, 0.15) is 37.0 Å². The summed E-state index contributed by atoms with van der Waals surface area (Å²) in [4.78, 5) is 40.2. The fourth-order valence-corrected chi connectivity index (χ4v) is 3.03. The Morgan fingerprint density at radius 3 is 2.26 bits per heavy atom. The Morgan fingerprint density at radius 1 is 1.15 bits per heavy atom. The molecule has 7 heteroatoms. The largest absolute Gasteiger partial charge is 0.466 e. The molecule has 27 heavy (non-hydrogen) atoms. The zero-order valence-corrected chi connectivity index (χ0v) is 16.4. The van der Waals surface area contributed by atoms with Crippen LogP contribution in [0.15, 0.2) is 24.3 Å². The Bertz CT molecular complexity index is 663. The maximum absolute atomic E-state index is 12.5. The number of carbonyl (C=O) groups is 3.